The van der Waals surface area contributed by atoms with Crippen LogP contribution in [0.2, 0.25) is 0 Å². The van der Waals surface area contributed by atoms with Crippen LogP contribution >= 0.6 is 12.4 Å². The number of amides is 1. The summed E-state index contributed by atoms with van der Waals surface area (Å²) in [7, 11) is 0. The first-order valence-electron chi connectivity index (χ1n) is 5.77. The number of ketones is 2. The number of carbonyl (C=O) groups is 3. The maximum absolute atomic E-state index is 11.6. The van der Waals surface area contributed by atoms with Crippen LogP contribution < -0.4 is 0 Å². The first-order chi connectivity index (χ1) is 8.06. The minimum absolute atomic E-state index is 0. The van der Waals surface area contributed by atoms with Gasteiger partial charge >= 0.3 is 0 Å². The molecule has 1 aliphatic carbocycles. The second kappa shape index (κ2) is 7.82. The van der Waals surface area contributed by atoms with E-state index in [0.717, 1.165) is 12.8 Å². The van der Waals surface area contributed by atoms with Gasteiger partial charge in [-0.1, -0.05) is 25.5 Å². The van der Waals surface area contributed by atoms with Crippen LogP contribution in [0, 0.1) is 0 Å². The topological polar surface area (TPSA) is 54.5 Å². The van der Waals surface area contributed by atoms with Crippen molar-refractivity contribution in [2.24, 2.45) is 0 Å². The quantitative estimate of drug-likeness (QED) is 0.565. The SMILES string of the molecule is CCCCN(CC1=CC=CC(=O)C1=O)C(C)=O.Cl. The van der Waals surface area contributed by atoms with Crippen molar-refractivity contribution in [3.63, 3.8) is 0 Å². The van der Waals surface area contributed by atoms with Gasteiger partial charge in [0, 0.05) is 25.6 Å². The molecule has 1 rings (SSSR count). The van der Waals surface area contributed by atoms with E-state index >= 15 is 0 Å². The van der Waals surface area contributed by atoms with Crippen LogP contribution in [-0.4, -0.2) is 35.5 Å². The van der Waals surface area contributed by atoms with Crippen LogP contribution in [0.1, 0.15) is 26.7 Å². The Bertz CT molecular complexity index is 399. The van der Waals surface area contributed by atoms with E-state index in [9.17, 15) is 14.4 Å². The molecule has 0 aromatic heterocycles. The molecule has 18 heavy (non-hydrogen) atoms. The average molecular weight is 272 g/mol. The van der Waals surface area contributed by atoms with Gasteiger partial charge in [-0.05, 0) is 12.5 Å². The summed E-state index contributed by atoms with van der Waals surface area (Å²) in [5.41, 5.74) is 0.392. The Morgan fingerprint density at radius 3 is 2.56 bits per heavy atom. The predicted molar refractivity (Wildman–Crippen MR) is 71.6 cm³/mol. The van der Waals surface area contributed by atoms with E-state index in [1.807, 2.05) is 6.92 Å². The second-order valence-electron chi connectivity index (χ2n) is 4.04. The Morgan fingerprint density at radius 1 is 1.33 bits per heavy atom. The number of hydrogen-bond acceptors (Lipinski definition) is 3. The zero-order chi connectivity index (χ0) is 12.8. The smallest absolute Gasteiger partial charge is 0.230 e. The summed E-state index contributed by atoms with van der Waals surface area (Å²) in [5.74, 6) is -1.09. The van der Waals surface area contributed by atoms with Crippen molar-refractivity contribution in [1.29, 1.82) is 0 Å². The first kappa shape index (κ1) is 16.6. The van der Waals surface area contributed by atoms with Crippen molar-refractivity contribution in [1.82, 2.24) is 4.90 Å². The Labute approximate surface area is 113 Å². The van der Waals surface area contributed by atoms with Crippen molar-refractivity contribution < 1.29 is 14.4 Å². The molecule has 0 radical (unpaired) electrons. The van der Waals surface area contributed by atoms with Crippen molar-refractivity contribution in [2.75, 3.05) is 13.1 Å². The average Bonchev–Trinajstić information content (AvgIpc) is 2.29. The van der Waals surface area contributed by atoms with Gasteiger partial charge in [-0.2, -0.15) is 0 Å². The van der Waals surface area contributed by atoms with Crippen LogP contribution in [0.25, 0.3) is 0 Å². The van der Waals surface area contributed by atoms with Gasteiger partial charge in [0.25, 0.3) is 0 Å². The summed E-state index contributed by atoms with van der Waals surface area (Å²) < 4.78 is 0. The van der Waals surface area contributed by atoms with E-state index < -0.39 is 11.6 Å². The molecule has 0 aromatic rings. The highest BCUT2D eigenvalue weighted by molar-refractivity contribution is 6.48. The van der Waals surface area contributed by atoms with Gasteiger partial charge in [-0.25, -0.2) is 0 Å². The van der Waals surface area contributed by atoms with Gasteiger partial charge in [-0.15, -0.1) is 12.4 Å². The fourth-order valence-electron chi connectivity index (χ4n) is 1.59. The standard InChI is InChI=1S/C13H17NO3.ClH/c1-3-4-8-14(10(2)15)9-11-6-5-7-12(16)13(11)17;/h5-7H,3-4,8-9H2,1-2H3;1H. The molecule has 0 saturated heterocycles. The van der Waals surface area contributed by atoms with Crippen molar-refractivity contribution in [2.45, 2.75) is 26.7 Å². The lowest BCUT2D eigenvalue weighted by molar-refractivity contribution is -0.132. The third kappa shape index (κ3) is 4.45. The minimum Gasteiger partial charge on any atom is -0.338 e. The third-order valence-corrected chi connectivity index (χ3v) is 2.65. The molecule has 0 bridgehead atoms. The molecule has 100 valence electrons. The maximum atomic E-state index is 11.6. The van der Waals surface area contributed by atoms with E-state index in [4.69, 9.17) is 0 Å². The van der Waals surface area contributed by atoms with Crippen LogP contribution in [-0.2, 0) is 14.4 Å². The van der Waals surface area contributed by atoms with Crippen LogP contribution in [0.5, 0.6) is 0 Å². The number of allylic oxidation sites excluding steroid dienone is 3. The predicted octanol–water partition coefficient (Wildman–Crippen LogP) is 1.69. The normalized spacial score (nSPS) is 14.0. The number of hydrogen-bond donors (Lipinski definition) is 0. The Hall–Kier alpha value is -1.42. The van der Waals surface area contributed by atoms with E-state index in [2.05, 4.69) is 0 Å². The largest absolute Gasteiger partial charge is 0.338 e. The number of rotatable bonds is 5. The van der Waals surface area contributed by atoms with E-state index in [0.29, 0.717) is 12.1 Å². The molecule has 0 heterocycles. The fraction of sp³-hybridized carbons (Fsp3) is 0.462. The van der Waals surface area contributed by atoms with E-state index in [1.54, 1.807) is 17.1 Å². The minimum atomic E-state index is -0.513. The van der Waals surface area contributed by atoms with Gasteiger partial charge in [0.05, 0.1) is 0 Å². The number of Topliss-reactive ketones (excluding diaryl/α,β-unsaturated/α-hetero) is 1. The van der Waals surface area contributed by atoms with Crippen LogP contribution in [0.3, 0.4) is 0 Å². The first-order valence-corrected chi connectivity index (χ1v) is 5.77. The number of halogens is 1. The van der Waals surface area contributed by atoms with Gasteiger partial charge in [0.2, 0.25) is 17.5 Å². The molecular weight excluding hydrogens is 254 g/mol. The molecule has 4 nitrogen and oxygen atoms in total. The summed E-state index contributed by atoms with van der Waals surface area (Å²) in [6, 6.07) is 0. The molecule has 0 spiro atoms. The van der Waals surface area contributed by atoms with Gasteiger partial charge in [0.15, 0.2) is 0 Å². The van der Waals surface area contributed by atoms with Gasteiger partial charge in [-0.3, -0.25) is 14.4 Å². The summed E-state index contributed by atoms with van der Waals surface area (Å²) in [4.78, 5) is 35.7. The molecule has 0 saturated carbocycles. The van der Waals surface area contributed by atoms with E-state index in [1.165, 1.54) is 13.0 Å². The zero-order valence-corrected chi connectivity index (χ0v) is 11.5. The summed E-state index contributed by atoms with van der Waals surface area (Å²) >= 11 is 0. The number of carbonyl (C=O) groups excluding carboxylic acids is 3. The highest BCUT2D eigenvalue weighted by atomic mass is 35.5. The lowest BCUT2D eigenvalue weighted by Gasteiger charge is -2.22. The molecule has 0 atom stereocenters. The molecular formula is C13H18ClNO3. The van der Waals surface area contributed by atoms with Crippen LogP contribution in [0.15, 0.2) is 23.8 Å². The van der Waals surface area contributed by atoms with Crippen molar-refractivity contribution in [3.8, 4) is 0 Å². The van der Waals surface area contributed by atoms with Gasteiger partial charge in [0.1, 0.15) is 0 Å². The third-order valence-electron chi connectivity index (χ3n) is 2.65. The van der Waals surface area contributed by atoms with Crippen molar-refractivity contribution in [3.05, 3.63) is 23.8 Å². The summed E-state index contributed by atoms with van der Waals surface area (Å²) in [6.45, 7) is 4.36. The zero-order valence-electron chi connectivity index (χ0n) is 10.6. The molecule has 0 fully saturated rings. The Kier molecular flexibility index (Phi) is 7.20. The van der Waals surface area contributed by atoms with Crippen LogP contribution in [0.4, 0.5) is 0 Å². The fourth-order valence-corrected chi connectivity index (χ4v) is 1.59. The lowest BCUT2D eigenvalue weighted by atomic mass is 10.0. The molecule has 0 N–H and O–H groups in total. The monoisotopic (exact) mass is 271 g/mol. The molecule has 1 aliphatic rings. The number of nitrogens with zero attached hydrogens (tertiary/aromatic N) is 1. The Balaban J connectivity index is 0.00000289. The summed E-state index contributed by atoms with van der Waals surface area (Å²) in [5, 5.41) is 0. The molecule has 1 amide bonds. The van der Waals surface area contributed by atoms with Gasteiger partial charge < -0.3 is 4.90 Å². The number of unbranched alkanes of at least 4 members (excludes halogenated alkanes) is 1. The molecule has 0 unspecified atom stereocenters. The second-order valence-corrected chi connectivity index (χ2v) is 4.04. The van der Waals surface area contributed by atoms with Crippen molar-refractivity contribution >= 4 is 29.9 Å². The lowest BCUT2D eigenvalue weighted by Crippen LogP contribution is -2.34. The molecule has 0 aliphatic heterocycles. The van der Waals surface area contributed by atoms with E-state index in [-0.39, 0.29) is 24.9 Å². The molecule has 5 heteroatoms. The summed E-state index contributed by atoms with van der Waals surface area (Å²) in [6.07, 6.45) is 6.28. The Morgan fingerprint density at radius 2 is 2.00 bits per heavy atom. The maximum Gasteiger partial charge on any atom is 0.230 e. The molecule has 0 aromatic carbocycles. The highest BCUT2D eigenvalue weighted by Crippen LogP contribution is 2.09. The highest BCUT2D eigenvalue weighted by Gasteiger charge is 2.21.